The molecule has 2 N–H and O–H groups in total. The van der Waals surface area contributed by atoms with Gasteiger partial charge in [-0.25, -0.2) is 0 Å². The van der Waals surface area contributed by atoms with E-state index in [0.29, 0.717) is 12.1 Å². The summed E-state index contributed by atoms with van der Waals surface area (Å²) in [5.41, 5.74) is 7.67. The van der Waals surface area contributed by atoms with E-state index in [-0.39, 0.29) is 12.4 Å². The smallest absolute Gasteiger partial charge is 0.0300 e. The molecule has 17 heavy (non-hydrogen) atoms. The summed E-state index contributed by atoms with van der Waals surface area (Å²) in [5, 5.41) is 0. The van der Waals surface area contributed by atoms with Crippen molar-refractivity contribution in [3.8, 4) is 0 Å². The number of pyridine rings is 1. The number of nitrogens with two attached hydrogens (primary N) is 1. The molecule has 0 amide bonds. The number of nitrogens with zero attached hydrogens (tertiary/aromatic N) is 2. The second kappa shape index (κ2) is 5.34. The SMILES string of the molecule is Cl.N[C@@H]1C2CCN(CC2)[C@H]1Cc1cccnc1. The van der Waals surface area contributed by atoms with Crippen LogP contribution in [0, 0.1) is 5.92 Å². The zero-order valence-corrected chi connectivity index (χ0v) is 10.8. The lowest BCUT2D eigenvalue weighted by Gasteiger charge is -2.49. The van der Waals surface area contributed by atoms with Gasteiger partial charge in [-0.15, -0.1) is 12.4 Å². The quantitative estimate of drug-likeness (QED) is 0.868. The van der Waals surface area contributed by atoms with Gasteiger partial charge in [0.15, 0.2) is 0 Å². The fourth-order valence-corrected chi connectivity index (χ4v) is 3.22. The number of rotatable bonds is 2. The first-order valence-corrected chi connectivity index (χ1v) is 6.23. The molecule has 0 aliphatic carbocycles. The highest BCUT2D eigenvalue weighted by atomic mass is 35.5. The summed E-state index contributed by atoms with van der Waals surface area (Å²) in [6.45, 7) is 2.48. The van der Waals surface area contributed by atoms with E-state index in [9.17, 15) is 0 Å². The van der Waals surface area contributed by atoms with E-state index >= 15 is 0 Å². The van der Waals surface area contributed by atoms with E-state index in [1.807, 2.05) is 18.5 Å². The molecule has 0 spiro atoms. The minimum atomic E-state index is 0. The Morgan fingerprint density at radius 2 is 2.12 bits per heavy atom. The van der Waals surface area contributed by atoms with Gasteiger partial charge in [0.05, 0.1) is 0 Å². The Morgan fingerprint density at radius 1 is 1.35 bits per heavy atom. The number of piperidine rings is 3. The molecule has 3 saturated heterocycles. The fraction of sp³-hybridized carbons (Fsp3) is 0.615. The van der Waals surface area contributed by atoms with Crippen LogP contribution in [0.25, 0.3) is 0 Å². The zero-order valence-electron chi connectivity index (χ0n) is 9.96. The maximum Gasteiger partial charge on any atom is 0.0300 e. The summed E-state index contributed by atoms with van der Waals surface area (Å²) >= 11 is 0. The van der Waals surface area contributed by atoms with E-state index < -0.39 is 0 Å². The highest BCUT2D eigenvalue weighted by Crippen LogP contribution is 2.32. The van der Waals surface area contributed by atoms with Gasteiger partial charge in [-0.1, -0.05) is 6.07 Å². The molecule has 0 aromatic carbocycles. The van der Waals surface area contributed by atoms with Crippen LogP contribution in [0.3, 0.4) is 0 Å². The summed E-state index contributed by atoms with van der Waals surface area (Å²) in [5.74, 6) is 0.756. The van der Waals surface area contributed by atoms with Gasteiger partial charge < -0.3 is 5.73 Å². The van der Waals surface area contributed by atoms with E-state index in [4.69, 9.17) is 5.73 Å². The van der Waals surface area contributed by atoms with Crippen LogP contribution in [0.4, 0.5) is 0 Å². The van der Waals surface area contributed by atoms with Gasteiger partial charge in [-0.05, 0) is 49.9 Å². The Bertz CT molecular complexity index is 347. The van der Waals surface area contributed by atoms with Gasteiger partial charge in [0, 0.05) is 24.5 Å². The van der Waals surface area contributed by atoms with Gasteiger partial charge in [0.1, 0.15) is 0 Å². The van der Waals surface area contributed by atoms with Crippen molar-refractivity contribution in [3.05, 3.63) is 30.1 Å². The predicted octanol–water partition coefficient (Wildman–Crippen LogP) is 1.47. The third-order valence-electron chi connectivity index (χ3n) is 4.20. The normalized spacial score (nSPS) is 35.4. The number of hydrogen-bond donors (Lipinski definition) is 1. The average Bonchev–Trinajstić information content (AvgIpc) is 2.36. The molecule has 4 rings (SSSR count). The van der Waals surface area contributed by atoms with Crippen molar-refractivity contribution in [1.82, 2.24) is 9.88 Å². The molecule has 1 aromatic heterocycles. The molecule has 4 heteroatoms. The molecule has 0 unspecified atom stereocenters. The maximum absolute atomic E-state index is 6.35. The molecule has 3 aliphatic rings. The third-order valence-corrected chi connectivity index (χ3v) is 4.20. The zero-order chi connectivity index (χ0) is 11.0. The molecular weight excluding hydrogens is 234 g/mol. The number of aromatic nitrogens is 1. The van der Waals surface area contributed by atoms with Crippen molar-refractivity contribution in [1.29, 1.82) is 0 Å². The molecule has 3 fully saturated rings. The lowest BCUT2D eigenvalue weighted by Crippen LogP contribution is -2.61. The van der Waals surface area contributed by atoms with Crippen molar-refractivity contribution in [2.75, 3.05) is 13.1 Å². The third kappa shape index (κ3) is 2.46. The lowest BCUT2D eigenvalue weighted by molar-refractivity contribution is 0.0287. The van der Waals surface area contributed by atoms with Crippen molar-refractivity contribution >= 4 is 12.4 Å². The first-order valence-electron chi connectivity index (χ1n) is 6.23. The van der Waals surface area contributed by atoms with Crippen molar-refractivity contribution < 1.29 is 0 Å². The minimum Gasteiger partial charge on any atom is -0.326 e. The topological polar surface area (TPSA) is 42.1 Å². The standard InChI is InChI=1S/C13H19N3.ClH/c14-13-11-3-6-16(7-4-11)12(13)8-10-2-1-5-15-9-10;/h1-2,5,9,11-13H,3-4,6-8,14H2;1H/t12-,13+;/m0./s1. The first kappa shape index (κ1) is 12.8. The molecule has 4 heterocycles. The van der Waals surface area contributed by atoms with Crippen LogP contribution in [-0.2, 0) is 6.42 Å². The van der Waals surface area contributed by atoms with Crippen molar-refractivity contribution in [3.63, 3.8) is 0 Å². The summed E-state index contributed by atoms with van der Waals surface area (Å²) < 4.78 is 0. The van der Waals surface area contributed by atoms with Gasteiger partial charge in [0.2, 0.25) is 0 Å². The monoisotopic (exact) mass is 253 g/mol. The molecule has 1 aromatic rings. The van der Waals surface area contributed by atoms with E-state index in [2.05, 4.69) is 16.0 Å². The van der Waals surface area contributed by atoms with Gasteiger partial charge in [0.25, 0.3) is 0 Å². The van der Waals surface area contributed by atoms with Crippen LogP contribution < -0.4 is 5.73 Å². The van der Waals surface area contributed by atoms with E-state index in [0.717, 1.165) is 12.3 Å². The molecule has 2 bridgehead atoms. The summed E-state index contributed by atoms with van der Waals surface area (Å²) in [6, 6.07) is 5.07. The lowest BCUT2D eigenvalue weighted by atomic mass is 9.77. The molecule has 2 atom stereocenters. The summed E-state index contributed by atoms with van der Waals surface area (Å²) in [6.07, 6.45) is 7.45. The van der Waals surface area contributed by atoms with Crippen LogP contribution >= 0.6 is 12.4 Å². The van der Waals surface area contributed by atoms with Gasteiger partial charge in [-0.3, -0.25) is 9.88 Å². The first-order chi connectivity index (χ1) is 7.84. The van der Waals surface area contributed by atoms with Crippen LogP contribution in [-0.4, -0.2) is 35.1 Å². The largest absolute Gasteiger partial charge is 0.326 e. The van der Waals surface area contributed by atoms with E-state index in [1.54, 1.807) is 0 Å². The van der Waals surface area contributed by atoms with Crippen molar-refractivity contribution in [2.24, 2.45) is 11.7 Å². The predicted molar refractivity (Wildman–Crippen MR) is 71.2 cm³/mol. The average molecular weight is 254 g/mol. The molecule has 3 aliphatic heterocycles. The Morgan fingerprint density at radius 3 is 2.71 bits per heavy atom. The number of hydrogen-bond acceptors (Lipinski definition) is 3. The Balaban J connectivity index is 0.00000108. The molecule has 3 nitrogen and oxygen atoms in total. The number of halogens is 1. The summed E-state index contributed by atoms with van der Waals surface area (Å²) in [4.78, 5) is 6.75. The molecule has 0 saturated carbocycles. The number of fused-ring (bicyclic) bond motifs is 3. The van der Waals surface area contributed by atoms with E-state index in [1.165, 1.54) is 31.5 Å². The molecule has 0 radical (unpaired) electrons. The second-order valence-electron chi connectivity index (χ2n) is 5.08. The fourth-order valence-electron chi connectivity index (χ4n) is 3.22. The second-order valence-corrected chi connectivity index (χ2v) is 5.08. The van der Waals surface area contributed by atoms with Crippen LogP contribution in [0.5, 0.6) is 0 Å². The van der Waals surface area contributed by atoms with Crippen LogP contribution in [0.15, 0.2) is 24.5 Å². The Hall–Kier alpha value is -0.640. The highest BCUT2D eigenvalue weighted by molar-refractivity contribution is 5.85. The maximum atomic E-state index is 6.35. The molecular formula is C13H20ClN3. The minimum absolute atomic E-state index is 0. The summed E-state index contributed by atoms with van der Waals surface area (Å²) in [7, 11) is 0. The van der Waals surface area contributed by atoms with Crippen LogP contribution in [0.1, 0.15) is 18.4 Å². The Kier molecular flexibility index (Phi) is 4.02. The Labute approximate surface area is 109 Å². The molecule has 94 valence electrons. The highest BCUT2D eigenvalue weighted by Gasteiger charge is 2.39. The van der Waals surface area contributed by atoms with Crippen LogP contribution in [0.2, 0.25) is 0 Å². The van der Waals surface area contributed by atoms with Gasteiger partial charge >= 0.3 is 0 Å². The van der Waals surface area contributed by atoms with Gasteiger partial charge in [-0.2, -0.15) is 0 Å². The van der Waals surface area contributed by atoms with Crippen molar-refractivity contribution in [2.45, 2.75) is 31.3 Å².